The zero-order chi connectivity index (χ0) is 17.6. The highest BCUT2D eigenvalue weighted by molar-refractivity contribution is 6.19. The molecule has 1 heterocycles. The maximum absolute atomic E-state index is 12.6. The highest BCUT2D eigenvalue weighted by Crippen LogP contribution is 2.25. The Labute approximate surface area is 148 Å². The van der Waals surface area contributed by atoms with E-state index in [4.69, 9.17) is 4.74 Å². The Hall–Kier alpha value is -2.46. The van der Waals surface area contributed by atoms with Gasteiger partial charge in [0.2, 0.25) is 6.23 Å². The van der Waals surface area contributed by atoms with Crippen molar-refractivity contribution in [3.63, 3.8) is 0 Å². The van der Waals surface area contributed by atoms with Crippen LogP contribution in [0.1, 0.15) is 42.9 Å². The first-order valence-corrected chi connectivity index (χ1v) is 8.85. The number of benzodiazepines with no additional fused rings is 1. The highest BCUT2D eigenvalue weighted by Gasteiger charge is 2.26. The SMILES string of the molecule is CCCCCOC1N=C(c2ccccc2)c2cc(C)ccc2NC1=O. The number of aryl methyl sites for hydroxylation is 1. The van der Waals surface area contributed by atoms with Crippen LogP contribution in [0.15, 0.2) is 53.5 Å². The fraction of sp³-hybridized carbons (Fsp3) is 0.333. The molecule has 130 valence electrons. The summed E-state index contributed by atoms with van der Waals surface area (Å²) in [6.45, 7) is 4.71. The number of aliphatic imine (C=N–C) groups is 1. The molecule has 0 aromatic heterocycles. The van der Waals surface area contributed by atoms with Gasteiger partial charge >= 0.3 is 0 Å². The number of unbranched alkanes of at least 4 members (excludes halogenated alkanes) is 2. The van der Waals surface area contributed by atoms with Crippen LogP contribution in [0.4, 0.5) is 5.69 Å². The number of anilines is 1. The number of benzene rings is 2. The topological polar surface area (TPSA) is 50.7 Å². The number of amides is 1. The largest absolute Gasteiger partial charge is 0.348 e. The predicted octanol–water partition coefficient (Wildman–Crippen LogP) is 4.32. The number of fused-ring (bicyclic) bond motifs is 1. The molecule has 1 N–H and O–H groups in total. The summed E-state index contributed by atoms with van der Waals surface area (Å²) in [7, 11) is 0. The number of nitrogens with zero attached hydrogens (tertiary/aromatic N) is 1. The number of carbonyl (C=O) groups is 1. The Bertz CT molecular complexity index is 769. The van der Waals surface area contributed by atoms with Gasteiger partial charge in [-0.1, -0.05) is 61.7 Å². The minimum atomic E-state index is -0.820. The van der Waals surface area contributed by atoms with E-state index in [1.54, 1.807) is 0 Å². The summed E-state index contributed by atoms with van der Waals surface area (Å²) >= 11 is 0. The molecule has 0 bridgehead atoms. The van der Waals surface area contributed by atoms with Gasteiger partial charge in [0.05, 0.1) is 11.4 Å². The van der Waals surface area contributed by atoms with E-state index in [9.17, 15) is 4.79 Å². The predicted molar refractivity (Wildman–Crippen MR) is 101 cm³/mol. The summed E-state index contributed by atoms with van der Waals surface area (Å²) in [5.74, 6) is -0.215. The van der Waals surface area contributed by atoms with Crippen molar-refractivity contribution in [2.75, 3.05) is 11.9 Å². The van der Waals surface area contributed by atoms with Crippen LogP contribution in [0.3, 0.4) is 0 Å². The van der Waals surface area contributed by atoms with Gasteiger partial charge < -0.3 is 10.1 Å². The zero-order valence-electron chi connectivity index (χ0n) is 14.8. The summed E-state index contributed by atoms with van der Waals surface area (Å²) < 4.78 is 5.79. The first-order chi connectivity index (χ1) is 12.2. The van der Waals surface area contributed by atoms with Gasteiger partial charge in [-0.25, -0.2) is 4.99 Å². The van der Waals surface area contributed by atoms with E-state index in [0.717, 1.165) is 47.4 Å². The van der Waals surface area contributed by atoms with Crippen LogP contribution in [-0.2, 0) is 9.53 Å². The smallest absolute Gasteiger partial charge is 0.276 e. The Balaban J connectivity index is 1.98. The molecule has 1 aliphatic rings. The van der Waals surface area contributed by atoms with Gasteiger partial charge in [-0.2, -0.15) is 0 Å². The van der Waals surface area contributed by atoms with Crippen molar-refractivity contribution < 1.29 is 9.53 Å². The van der Waals surface area contributed by atoms with Gasteiger partial charge in [-0.15, -0.1) is 0 Å². The summed E-state index contributed by atoms with van der Waals surface area (Å²) in [5, 5.41) is 2.96. The molecule has 0 saturated carbocycles. The zero-order valence-corrected chi connectivity index (χ0v) is 14.8. The number of ether oxygens (including phenoxy) is 1. The van der Waals surface area contributed by atoms with Gasteiger partial charge in [0.25, 0.3) is 5.91 Å². The third-order valence-electron chi connectivity index (χ3n) is 4.23. The van der Waals surface area contributed by atoms with Crippen LogP contribution in [0, 0.1) is 6.92 Å². The van der Waals surface area contributed by atoms with Crippen molar-refractivity contribution in [1.29, 1.82) is 0 Å². The fourth-order valence-corrected chi connectivity index (χ4v) is 2.89. The number of nitrogens with one attached hydrogen (secondary N) is 1. The Morgan fingerprint density at radius 2 is 1.92 bits per heavy atom. The molecule has 4 nitrogen and oxygen atoms in total. The number of hydrogen-bond acceptors (Lipinski definition) is 3. The number of rotatable bonds is 6. The molecule has 3 rings (SSSR count). The summed E-state index contributed by atoms with van der Waals surface area (Å²) in [5.41, 5.74) is 4.60. The molecule has 0 radical (unpaired) electrons. The van der Waals surface area contributed by atoms with Crippen LogP contribution in [0.25, 0.3) is 0 Å². The Morgan fingerprint density at radius 3 is 2.68 bits per heavy atom. The fourth-order valence-electron chi connectivity index (χ4n) is 2.89. The molecule has 1 amide bonds. The molecule has 0 aliphatic carbocycles. The second kappa shape index (κ2) is 8.08. The van der Waals surface area contributed by atoms with E-state index in [-0.39, 0.29) is 5.91 Å². The quantitative estimate of drug-likeness (QED) is 0.799. The van der Waals surface area contributed by atoms with Crippen molar-refractivity contribution in [1.82, 2.24) is 0 Å². The van der Waals surface area contributed by atoms with Crippen LogP contribution < -0.4 is 5.32 Å². The molecule has 1 atom stereocenters. The van der Waals surface area contributed by atoms with Gasteiger partial charge in [-0.05, 0) is 25.5 Å². The van der Waals surface area contributed by atoms with Crippen molar-refractivity contribution in [3.8, 4) is 0 Å². The van der Waals surface area contributed by atoms with E-state index in [0.29, 0.717) is 6.61 Å². The van der Waals surface area contributed by atoms with E-state index in [1.165, 1.54) is 0 Å². The molecule has 0 fully saturated rings. The third-order valence-corrected chi connectivity index (χ3v) is 4.23. The van der Waals surface area contributed by atoms with E-state index < -0.39 is 6.23 Å². The van der Waals surface area contributed by atoms with Gasteiger partial charge in [-0.3, -0.25) is 4.79 Å². The van der Waals surface area contributed by atoms with Crippen molar-refractivity contribution in [2.24, 2.45) is 4.99 Å². The minimum absolute atomic E-state index is 0.215. The highest BCUT2D eigenvalue weighted by atomic mass is 16.5. The van der Waals surface area contributed by atoms with Crippen LogP contribution in [0.2, 0.25) is 0 Å². The van der Waals surface area contributed by atoms with E-state index >= 15 is 0 Å². The van der Waals surface area contributed by atoms with E-state index in [1.807, 2.05) is 49.4 Å². The Kier molecular flexibility index (Phi) is 5.61. The lowest BCUT2D eigenvalue weighted by atomic mass is 9.99. The maximum atomic E-state index is 12.6. The molecule has 25 heavy (non-hydrogen) atoms. The van der Waals surface area contributed by atoms with Gasteiger partial charge in [0, 0.05) is 17.7 Å². The molecule has 2 aromatic rings. The summed E-state index contributed by atoms with van der Waals surface area (Å²) in [4.78, 5) is 17.2. The third kappa shape index (κ3) is 4.15. The lowest BCUT2D eigenvalue weighted by Gasteiger charge is -2.12. The molecule has 0 saturated heterocycles. The van der Waals surface area contributed by atoms with Gasteiger partial charge in [0.1, 0.15) is 0 Å². The molecular weight excluding hydrogens is 312 g/mol. The molecule has 1 unspecified atom stereocenters. The van der Waals surface area contributed by atoms with Crippen molar-refractivity contribution in [2.45, 2.75) is 39.3 Å². The summed E-state index contributed by atoms with van der Waals surface area (Å²) in [6, 6.07) is 15.9. The average molecular weight is 336 g/mol. The monoisotopic (exact) mass is 336 g/mol. The lowest BCUT2D eigenvalue weighted by Crippen LogP contribution is -2.28. The van der Waals surface area contributed by atoms with Crippen LogP contribution in [0.5, 0.6) is 0 Å². The Morgan fingerprint density at radius 1 is 1.12 bits per heavy atom. The molecule has 1 aliphatic heterocycles. The average Bonchev–Trinajstić information content (AvgIpc) is 2.76. The number of carbonyl (C=O) groups excluding carboxylic acids is 1. The van der Waals surface area contributed by atoms with E-state index in [2.05, 4.69) is 23.3 Å². The van der Waals surface area contributed by atoms with Crippen molar-refractivity contribution >= 4 is 17.3 Å². The molecule has 0 spiro atoms. The second-order valence-electron chi connectivity index (χ2n) is 6.31. The first kappa shape index (κ1) is 17.4. The first-order valence-electron chi connectivity index (χ1n) is 8.85. The lowest BCUT2D eigenvalue weighted by molar-refractivity contribution is -0.126. The summed E-state index contributed by atoms with van der Waals surface area (Å²) in [6.07, 6.45) is 2.31. The molecule has 4 heteroatoms. The maximum Gasteiger partial charge on any atom is 0.276 e. The minimum Gasteiger partial charge on any atom is -0.348 e. The van der Waals surface area contributed by atoms with Gasteiger partial charge in [0.15, 0.2) is 0 Å². The molecular formula is C21H24N2O2. The normalized spacial score (nSPS) is 16.6. The second-order valence-corrected chi connectivity index (χ2v) is 6.31. The van der Waals surface area contributed by atoms with Crippen LogP contribution >= 0.6 is 0 Å². The van der Waals surface area contributed by atoms with Crippen LogP contribution in [-0.4, -0.2) is 24.5 Å². The number of hydrogen-bond donors (Lipinski definition) is 1. The molecule has 2 aromatic carbocycles. The standard InChI is InChI=1S/C21H24N2O2/c1-3-4-8-13-25-21-20(24)22-18-12-11-15(2)14-17(18)19(23-21)16-9-6-5-7-10-16/h5-7,9-12,14,21H,3-4,8,13H2,1-2H3,(H,22,24). The van der Waals surface area contributed by atoms with Crippen molar-refractivity contribution in [3.05, 3.63) is 65.2 Å².